The molecule has 0 aliphatic heterocycles. The molecule has 0 saturated heterocycles. The van der Waals surface area contributed by atoms with Crippen molar-refractivity contribution in [3.8, 4) is 17.2 Å². The van der Waals surface area contributed by atoms with Gasteiger partial charge in [0.15, 0.2) is 12.1 Å². The Morgan fingerprint density at radius 3 is 2.48 bits per heavy atom. The number of ether oxygens (including phenoxy) is 2. The lowest BCUT2D eigenvalue weighted by molar-refractivity contribution is -0.128. The second-order valence-corrected chi connectivity index (χ2v) is 7.51. The van der Waals surface area contributed by atoms with E-state index in [1.165, 1.54) is 33.3 Å². The van der Waals surface area contributed by atoms with Crippen molar-refractivity contribution in [1.29, 1.82) is 0 Å². The number of hydrogen-bond donors (Lipinski definition) is 3. The van der Waals surface area contributed by atoms with E-state index in [1.54, 1.807) is 6.07 Å². The monoisotopic (exact) mass is 428 g/mol. The SMILES string of the molecule is COCC(=O)C1Cc2c(O)c(C)c(C(=O)c3c(C=O)cccc3OC)c(O)c2[C@@H](O)C1. The number of aldehydes is 1. The summed E-state index contributed by atoms with van der Waals surface area (Å²) in [6.45, 7) is 1.32. The number of rotatable bonds is 7. The molecule has 3 rings (SSSR count). The summed E-state index contributed by atoms with van der Waals surface area (Å²) >= 11 is 0. The van der Waals surface area contributed by atoms with Gasteiger partial charge in [0.25, 0.3) is 0 Å². The summed E-state index contributed by atoms with van der Waals surface area (Å²) < 4.78 is 10.1. The van der Waals surface area contributed by atoms with Gasteiger partial charge in [0, 0.05) is 35.3 Å². The van der Waals surface area contributed by atoms with Crippen molar-refractivity contribution in [2.24, 2.45) is 5.92 Å². The van der Waals surface area contributed by atoms with Gasteiger partial charge in [0.1, 0.15) is 23.9 Å². The fourth-order valence-electron chi connectivity index (χ4n) is 4.18. The van der Waals surface area contributed by atoms with E-state index in [0.29, 0.717) is 6.29 Å². The molecule has 0 heterocycles. The van der Waals surface area contributed by atoms with Gasteiger partial charge in [-0.25, -0.2) is 0 Å². The maximum absolute atomic E-state index is 13.4. The van der Waals surface area contributed by atoms with Crippen molar-refractivity contribution in [1.82, 2.24) is 0 Å². The number of phenols is 2. The minimum absolute atomic E-state index is 0.00969. The summed E-state index contributed by atoms with van der Waals surface area (Å²) in [5.41, 5.74) is 0.0776. The Morgan fingerprint density at radius 2 is 1.87 bits per heavy atom. The number of methoxy groups -OCH3 is 2. The number of benzene rings is 2. The number of hydrogen-bond acceptors (Lipinski definition) is 8. The van der Waals surface area contributed by atoms with Crippen LogP contribution in [-0.4, -0.2) is 54.0 Å². The van der Waals surface area contributed by atoms with Crippen molar-refractivity contribution in [3.05, 3.63) is 51.6 Å². The third kappa shape index (κ3) is 3.80. The molecule has 1 aliphatic rings. The number of carbonyl (C=O) groups excluding carboxylic acids is 3. The number of fused-ring (bicyclic) bond motifs is 1. The molecule has 0 radical (unpaired) electrons. The van der Waals surface area contributed by atoms with Crippen LogP contribution in [0, 0.1) is 12.8 Å². The Labute approximate surface area is 179 Å². The molecule has 0 spiro atoms. The first kappa shape index (κ1) is 22.5. The lowest BCUT2D eigenvalue weighted by atomic mass is 9.76. The van der Waals surface area contributed by atoms with Crippen LogP contribution in [0.4, 0.5) is 0 Å². The zero-order valence-electron chi connectivity index (χ0n) is 17.5. The highest BCUT2D eigenvalue weighted by Crippen LogP contribution is 2.47. The van der Waals surface area contributed by atoms with E-state index in [2.05, 4.69) is 0 Å². The van der Waals surface area contributed by atoms with Gasteiger partial charge >= 0.3 is 0 Å². The maximum Gasteiger partial charge on any atom is 0.201 e. The van der Waals surface area contributed by atoms with Gasteiger partial charge < -0.3 is 24.8 Å². The summed E-state index contributed by atoms with van der Waals surface area (Å²) in [5.74, 6) is -2.18. The highest BCUT2D eigenvalue weighted by atomic mass is 16.5. The van der Waals surface area contributed by atoms with Crippen LogP contribution in [0.1, 0.15) is 55.5 Å². The number of Topliss-reactive ketones (excluding diaryl/α,β-unsaturated/α-hetero) is 1. The minimum Gasteiger partial charge on any atom is -0.507 e. The molecule has 1 unspecified atom stereocenters. The van der Waals surface area contributed by atoms with Crippen molar-refractivity contribution in [2.45, 2.75) is 25.9 Å². The van der Waals surface area contributed by atoms with Crippen LogP contribution in [0.2, 0.25) is 0 Å². The molecule has 0 fully saturated rings. The van der Waals surface area contributed by atoms with Gasteiger partial charge in [-0.3, -0.25) is 14.4 Å². The van der Waals surface area contributed by atoms with Gasteiger partial charge in [-0.15, -0.1) is 0 Å². The predicted molar refractivity (Wildman–Crippen MR) is 110 cm³/mol. The maximum atomic E-state index is 13.4. The van der Waals surface area contributed by atoms with E-state index in [-0.39, 0.29) is 70.1 Å². The Bertz CT molecular complexity index is 1060. The third-order valence-electron chi connectivity index (χ3n) is 5.73. The van der Waals surface area contributed by atoms with Gasteiger partial charge in [0.2, 0.25) is 5.78 Å². The second kappa shape index (κ2) is 8.87. The number of aliphatic hydroxyl groups excluding tert-OH is 1. The Morgan fingerprint density at radius 1 is 1.16 bits per heavy atom. The predicted octanol–water partition coefficient (Wildman–Crippen LogP) is 2.27. The highest BCUT2D eigenvalue weighted by molar-refractivity contribution is 6.17. The topological polar surface area (TPSA) is 130 Å². The van der Waals surface area contributed by atoms with Gasteiger partial charge in [-0.1, -0.05) is 12.1 Å². The van der Waals surface area contributed by atoms with Crippen LogP contribution in [0.5, 0.6) is 17.2 Å². The van der Waals surface area contributed by atoms with Crippen LogP contribution in [0.3, 0.4) is 0 Å². The van der Waals surface area contributed by atoms with Crippen molar-refractivity contribution < 1.29 is 39.2 Å². The van der Waals surface area contributed by atoms with Crippen LogP contribution in [0.15, 0.2) is 18.2 Å². The van der Waals surface area contributed by atoms with Crippen molar-refractivity contribution in [3.63, 3.8) is 0 Å². The molecule has 2 atom stereocenters. The van der Waals surface area contributed by atoms with E-state index in [9.17, 15) is 29.7 Å². The van der Waals surface area contributed by atoms with Gasteiger partial charge in [0.05, 0.1) is 24.3 Å². The molecule has 31 heavy (non-hydrogen) atoms. The van der Waals surface area contributed by atoms with E-state index in [0.717, 1.165) is 0 Å². The van der Waals surface area contributed by atoms with Crippen LogP contribution in [0.25, 0.3) is 0 Å². The Kier molecular flexibility index (Phi) is 6.42. The summed E-state index contributed by atoms with van der Waals surface area (Å²) in [7, 11) is 2.74. The molecule has 8 nitrogen and oxygen atoms in total. The fraction of sp³-hybridized carbons (Fsp3) is 0.348. The quantitative estimate of drug-likeness (QED) is 0.348. The van der Waals surface area contributed by atoms with Gasteiger partial charge in [-0.05, 0) is 25.8 Å². The van der Waals surface area contributed by atoms with Gasteiger partial charge in [-0.2, -0.15) is 0 Å². The van der Waals surface area contributed by atoms with E-state index in [4.69, 9.17) is 9.47 Å². The highest BCUT2D eigenvalue weighted by Gasteiger charge is 2.37. The molecule has 8 heteroatoms. The number of aliphatic hydroxyl groups is 1. The average Bonchev–Trinajstić information content (AvgIpc) is 2.76. The molecule has 1 aliphatic carbocycles. The second-order valence-electron chi connectivity index (χ2n) is 7.51. The smallest absolute Gasteiger partial charge is 0.201 e. The molecule has 0 bridgehead atoms. The minimum atomic E-state index is -1.27. The van der Waals surface area contributed by atoms with Crippen LogP contribution >= 0.6 is 0 Å². The number of phenolic OH excluding ortho intramolecular Hbond substituents is 2. The Hall–Kier alpha value is -3.23. The zero-order chi connectivity index (χ0) is 22.9. The molecular weight excluding hydrogens is 404 g/mol. The third-order valence-corrected chi connectivity index (χ3v) is 5.73. The first-order chi connectivity index (χ1) is 14.8. The van der Waals surface area contributed by atoms with Crippen molar-refractivity contribution in [2.75, 3.05) is 20.8 Å². The summed E-state index contributed by atoms with van der Waals surface area (Å²) in [4.78, 5) is 37.1. The zero-order valence-corrected chi connectivity index (χ0v) is 17.5. The number of ketones is 2. The molecule has 164 valence electrons. The van der Waals surface area contributed by atoms with E-state index >= 15 is 0 Å². The summed E-state index contributed by atoms with van der Waals surface area (Å²) in [6, 6.07) is 4.50. The number of aromatic hydroxyl groups is 2. The first-order valence-corrected chi connectivity index (χ1v) is 9.70. The fourth-order valence-corrected chi connectivity index (χ4v) is 4.18. The average molecular weight is 428 g/mol. The van der Waals surface area contributed by atoms with Crippen LogP contribution < -0.4 is 4.74 Å². The lowest BCUT2D eigenvalue weighted by Gasteiger charge is -2.30. The molecule has 0 aromatic heterocycles. The number of carbonyl (C=O) groups is 3. The molecular formula is C23H24O8. The molecule has 2 aromatic carbocycles. The standard InChI is InChI=1S/C23H24O8/c1-11-18(22(28)19-12(9-24)5-4-6-17(19)31-3)23(29)20-14(21(11)27)7-13(8-15(20)25)16(26)10-30-2/h4-6,9,13,15,25,27,29H,7-8,10H2,1-3H3/t13?,15-/m0/s1. The molecule has 2 aromatic rings. The van der Waals surface area contributed by atoms with E-state index in [1.807, 2.05) is 0 Å². The van der Waals surface area contributed by atoms with Crippen LogP contribution in [-0.2, 0) is 16.0 Å². The largest absolute Gasteiger partial charge is 0.507 e. The molecule has 3 N–H and O–H groups in total. The summed E-state index contributed by atoms with van der Waals surface area (Å²) in [6.07, 6.45) is -0.651. The molecule has 0 saturated carbocycles. The Balaban J connectivity index is 2.18. The normalized spacial score (nSPS) is 17.7. The first-order valence-electron chi connectivity index (χ1n) is 9.70. The van der Waals surface area contributed by atoms with Crippen molar-refractivity contribution >= 4 is 17.9 Å². The summed E-state index contributed by atoms with van der Waals surface area (Å²) in [5, 5.41) is 32.5. The molecule has 0 amide bonds. The lowest BCUT2D eigenvalue weighted by Crippen LogP contribution is -2.28. The van der Waals surface area contributed by atoms with E-state index < -0.39 is 23.6 Å².